The van der Waals surface area contributed by atoms with Crippen LogP contribution in [0.4, 0.5) is 10.5 Å². The molecule has 0 aromatic heterocycles. The summed E-state index contributed by atoms with van der Waals surface area (Å²) in [6.07, 6.45) is -0.469. The Morgan fingerprint density at radius 2 is 1.83 bits per heavy atom. The second-order valence-electron chi connectivity index (χ2n) is 6.07. The summed E-state index contributed by atoms with van der Waals surface area (Å²) in [4.78, 5) is 11.8. The minimum atomic E-state index is -0.521. The van der Waals surface area contributed by atoms with Crippen LogP contribution in [-0.4, -0.2) is 11.7 Å². The Kier molecular flexibility index (Phi) is 5.66. The zero-order chi connectivity index (χ0) is 16.9. The Balaban J connectivity index is 1.94. The van der Waals surface area contributed by atoms with Crippen molar-refractivity contribution in [2.24, 2.45) is 0 Å². The SMILES string of the molecule is CC(C)(C)OC(=O)Nc1cccc(COc2ccc(Br)cc2)c1. The maximum absolute atomic E-state index is 11.8. The standard InChI is InChI=1S/C18H20BrNO3/c1-18(2,3)23-17(21)20-15-6-4-5-13(11-15)12-22-16-9-7-14(19)8-10-16/h4-11H,12H2,1-3H3,(H,20,21). The van der Waals surface area contributed by atoms with E-state index in [9.17, 15) is 4.79 Å². The van der Waals surface area contributed by atoms with E-state index in [2.05, 4.69) is 21.2 Å². The van der Waals surface area contributed by atoms with Gasteiger partial charge in [0.05, 0.1) is 0 Å². The van der Waals surface area contributed by atoms with Crippen LogP contribution in [0.15, 0.2) is 53.0 Å². The van der Waals surface area contributed by atoms with Crippen LogP contribution in [0.25, 0.3) is 0 Å². The van der Waals surface area contributed by atoms with Gasteiger partial charge in [-0.2, -0.15) is 0 Å². The van der Waals surface area contributed by atoms with E-state index >= 15 is 0 Å². The highest BCUT2D eigenvalue weighted by Crippen LogP contribution is 2.19. The molecule has 0 fully saturated rings. The van der Waals surface area contributed by atoms with E-state index in [4.69, 9.17) is 9.47 Å². The molecular formula is C18H20BrNO3. The first kappa shape index (κ1) is 17.3. The van der Waals surface area contributed by atoms with Gasteiger partial charge in [0, 0.05) is 10.2 Å². The van der Waals surface area contributed by atoms with Crippen molar-refractivity contribution in [2.45, 2.75) is 33.0 Å². The fourth-order valence-corrected chi connectivity index (χ4v) is 2.12. The number of ether oxygens (including phenoxy) is 2. The zero-order valence-electron chi connectivity index (χ0n) is 13.4. The molecular weight excluding hydrogens is 358 g/mol. The van der Waals surface area contributed by atoms with Gasteiger partial charge in [-0.1, -0.05) is 28.1 Å². The van der Waals surface area contributed by atoms with E-state index in [1.807, 2.05) is 69.3 Å². The van der Waals surface area contributed by atoms with Crippen LogP contribution >= 0.6 is 15.9 Å². The number of hydrogen-bond acceptors (Lipinski definition) is 3. The van der Waals surface area contributed by atoms with Crippen LogP contribution in [-0.2, 0) is 11.3 Å². The van der Waals surface area contributed by atoms with Gasteiger partial charge in [0.2, 0.25) is 0 Å². The lowest BCUT2D eigenvalue weighted by Gasteiger charge is -2.19. The van der Waals surface area contributed by atoms with E-state index < -0.39 is 11.7 Å². The van der Waals surface area contributed by atoms with Crippen LogP contribution in [0.3, 0.4) is 0 Å². The van der Waals surface area contributed by atoms with Crippen molar-refractivity contribution in [3.8, 4) is 5.75 Å². The normalized spacial score (nSPS) is 11.0. The fraction of sp³-hybridized carbons (Fsp3) is 0.278. The van der Waals surface area contributed by atoms with E-state index in [1.54, 1.807) is 0 Å². The summed E-state index contributed by atoms with van der Waals surface area (Å²) in [7, 11) is 0. The fourth-order valence-electron chi connectivity index (χ4n) is 1.86. The van der Waals surface area contributed by atoms with Crippen LogP contribution in [0.2, 0.25) is 0 Å². The highest BCUT2D eigenvalue weighted by Gasteiger charge is 2.16. The van der Waals surface area contributed by atoms with Gasteiger partial charge >= 0.3 is 6.09 Å². The summed E-state index contributed by atoms with van der Waals surface area (Å²) < 4.78 is 12.0. The quantitative estimate of drug-likeness (QED) is 0.778. The number of carbonyl (C=O) groups excluding carboxylic acids is 1. The summed E-state index contributed by atoms with van der Waals surface area (Å²) in [5.41, 5.74) is 1.12. The topological polar surface area (TPSA) is 47.6 Å². The molecule has 0 unspecified atom stereocenters. The summed E-state index contributed by atoms with van der Waals surface area (Å²) in [5.74, 6) is 0.790. The summed E-state index contributed by atoms with van der Waals surface area (Å²) in [5, 5.41) is 2.72. The van der Waals surface area contributed by atoms with E-state index in [-0.39, 0.29) is 0 Å². The number of carbonyl (C=O) groups is 1. The number of amides is 1. The third kappa shape index (κ3) is 6.32. The molecule has 0 saturated heterocycles. The third-order valence-corrected chi connectivity index (χ3v) is 3.32. The third-order valence-electron chi connectivity index (χ3n) is 2.79. The van der Waals surface area contributed by atoms with Gasteiger partial charge in [-0.25, -0.2) is 4.79 Å². The molecule has 1 N–H and O–H groups in total. The van der Waals surface area contributed by atoms with Crippen LogP contribution in [0, 0.1) is 0 Å². The molecule has 0 spiro atoms. The maximum atomic E-state index is 11.8. The van der Waals surface area contributed by atoms with Gasteiger partial charge in [0.15, 0.2) is 0 Å². The van der Waals surface area contributed by atoms with Crippen molar-refractivity contribution >= 4 is 27.7 Å². The van der Waals surface area contributed by atoms with E-state index in [1.165, 1.54) is 0 Å². The van der Waals surface area contributed by atoms with Gasteiger partial charge < -0.3 is 9.47 Å². The van der Waals surface area contributed by atoms with Gasteiger partial charge in [-0.05, 0) is 62.7 Å². The predicted octanol–water partition coefficient (Wildman–Crippen LogP) is 5.38. The van der Waals surface area contributed by atoms with E-state index in [0.29, 0.717) is 12.3 Å². The zero-order valence-corrected chi connectivity index (χ0v) is 15.0. The lowest BCUT2D eigenvalue weighted by Crippen LogP contribution is -2.27. The molecule has 2 aromatic rings. The molecule has 5 heteroatoms. The number of hydrogen-bond donors (Lipinski definition) is 1. The monoisotopic (exact) mass is 377 g/mol. The van der Waals surface area contributed by atoms with Crippen molar-refractivity contribution < 1.29 is 14.3 Å². The first-order chi connectivity index (χ1) is 10.8. The minimum Gasteiger partial charge on any atom is -0.489 e. The molecule has 0 aliphatic heterocycles. The highest BCUT2D eigenvalue weighted by atomic mass is 79.9. The molecule has 0 aliphatic carbocycles. The molecule has 1 amide bonds. The van der Waals surface area contributed by atoms with Crippen molar-refractivity contribution in [1.82, 2.24) is 0 Å². The Hall–Kier alpha value is -2.01. The smallest absolute Gasteiger partial charge is 0.412 e. The summed E-state index contributed by atoms with van der Waals surface area (Å²) in [6.45, 7) is 5.91. The average Bonchev–Trinajstić information content (AvgIpc) is 2.45. The molecule has 122 valence electrons. The van der Waals surface area contributed by atoms with Gasteiger partial charge in [-0.3, -0.25) is 5.32 Å². The molecule has 23 heavy (non-hydrogen) atoms. The molecule has 0 radical (unpaired) electrons. The molecule has 0 saturated carbocycles. The Morgan fingerprint density at radius 1 is 1.13 bits per heavy atom. The molecule has 0 aliphatic rings. The summed E-state index contributed by atoms with van der Waals surface area (Å²) >= 11 is 3.39. The molecule has 2 rings (SSSR count). The highest BCUT2D eigenvalue weighted by molar-refractivity contribution is 9.10. The first-order valence-electron chi connectivity index (χ1n) is 7.29. The largest absolute Gasteiger partial charge is 0.489 e. The van der Waals surface area contributed by atoms with Crippen LogP contribution in [0.1, 0.15) is 26.3 Å². The van der Waals surface area contributed by atoms with Crippen molar-refractivity contribution in [1.29, 1.82) is 0 Å². The number of nitrogens with one attached hydrogen (secondary N) is 1. The van der Waals surface area contributed by atoms with Crippen LogP contribution in [0.5, 0.6) is 5.75 Å². The number of rotatable bonds is 4. The Morgan fingerprint density at radius 3 is 2.48 bits per heavy atom. The Bertz CT molecular complexity index is 663. The van der Waals surface area contributed by atoms with Gasteiger partial charge in [0.1, 0.15) is 18.0 Å². The summed E-state index contributed by atoms with van der Waals surface area (Å²) in [6, 6.07) is 15.1. The lowest BCUT2D eigenvalue weighted by atomic mass is 10.2. The molecule has 0 atom stereocenters. The predicted molar refractivity (Wildman–Crippen MR) is 94.8 cm³/mol. The minimum absolute atomic E-state index is 0.422. The lowest BCUT2D eigenvalue weighted by molar-refractivity contribution is 0.0636. The molecule has 2 aromatic carbocycles. The number of anilines is 1. The Labute approximate surface area is 144 Å². The van der Waals surface area contributed by atoms with Crippen LogP contribution < -0.4 is 10.1 Å². The van der Waals surface area contributed by atoms with Gasteiger partial charge in [-0.15, -0.1) is 0 Å². The molecule has 0 heterocycles. The van der Waals surface area contributed by atoms with E-state index in [0.717, 1.165) is 15.8 Å². The number of benzene rings is 2. The second-order valence-corrected chi connectivity index (χ2v) is 6.99. The average molecular weight is 378 g/mol. The van der Waals surface area contributed by atoms with Gasteiger partial charge in [0.25, 0.3) is 0 Å². The van der Waals surface area contributed by atoms with Crippen molar-refractivity contribution in [3.05, 3.63) is 58.6 Å². The first-order valence-corrected chi connectivity index (χ1v) is 8.08. The van der Waals surface area contributed by atoms with Crippen molar-refractivity contribution in [3.63, 3.8) is 0 Å². The number of halogens is 1. The maximum Gasteiger partial charge on any atom is 0.412 e. The van der Waals surface area contributed by atoms with Crippen molar-refractivity contribution in [2.75, 3.05) is 5.32 Å². The second kappa shape index (κ2) is 7.51. The molecule has 0 bridgehead atoms. The molecule has 4 nitrogen and oxygen atoms in total.